The van der Waals surface area contributed by atoms with Crippen molar-refractivity contribution in [1.29, 1.82) is 0 Å². The minimum absolute atomic E-state index is 0.0742. The van der Waals surface area contributed by atoms with Crippen molar-refractivity contribution in [3.05, 3.63) is 36.9 Å². The summed E-state index contributed by atoms with van der Waals surface area (Å²) in [6.07, 6.45) is 2.11. The van der Waals surface area contributed by atoms with Crippen LogP contribution < -0.4 is 18.4 Å². The lowest BCUT2D eigenvalue weighted by molar-refractivity contribution is -0.0500. The molecule has 1 aromatic carbocycles. The Balaban J connectivity index is 2.10. The van der Waals surface area contributed by atoms with Crippen molar-refractivity contribution in [2.75, 3.05) is 14.2 Å². The molecule has 0 N–H and O–H groups in total. The fourth-order valence-corrected chi connectivity index (χ4v) is 2.62. The Hall–Kier alpha value is -3.55. The molecule has 0 aliphatic carbocycles. The fraction of sp³-hybridized carbons (Fsp3) is 0.188. The number of hydrogen-bond donors (Lipinski definition) is 0. The van der Waals surface area contributed by atoms with Gasteiger partial charge in [0.15, 0.2) is 17.9 Å². The van der Waals surface area contributed by atoms with Gasteiger partial charge in [0.1, 0.15) is 11.3 Å². The number of aromatic nitrogens is 3. The number of oxazole rings is 1. The first-order chi connectivity index (χ1) is 14.1. The molecular formula is C16H12F3N3O7S. The highest BCUT2D eigenvalue weighted by molar-refractivity contribution is 7.88. The second kappa shape index (κ2) is 8.06. The average Bonchev–Trinajstić information content (AvgIpc) is 3.21. The van der Waals surface area contributed by atoms with Crippen LogP contribution in [0.3, 0.4) is 0 Å². The van der Waals surface area contributed by atoms with E-state index in [0.29, 0.717) is 0 Å². The molecule has 10 nitrogen and oxygen atoms in total. The second-order valence-corrected chi connectivity index (χ2v) is 6.85. The molecule has 3 aromatic rings. The predicted molar refractivity (Wildman–Crippen MR) is 92.8 cm³/mol. The van der Waals surface area contributed by atoms with Crippen molar-refractivity contribution < 1.29 is 44.4 Å². The zero-order valence-electron chi connectivity index (χ0n) is 15.2. The molecule has 160 valence electrons. The van der Waals surface area contributed by atoms with Crippen LogP contribution in [-0.2, 0) is 10.1 Å². The number of alkyl halides is 3. The number of hydrogen-bond acceptors (Lipinski definition) is 10. The molecular weight excluding hydrogens is 435 g/mol. The molecule has 3 rings (SSSR count). The van der Waals surface area contributed by atoms with Crippen LogP contribution in [0.25, 0.3) is 11.3 Å². The van der Waals surface area contributed by atoms with Crippen molar-refractivity contribution in [3.63, 3.8) is 0 Å². The van der Waals surface area contributed by atoms with E-state index in [9.17, 15) is 21.6 Å². The van der Waals surface area contributed by atoms with Crippen LogP contribution >= 0.6 is 0 Å². The molecule has 2 heterocycles. The number of ether oxygens (including phenoxy) is 3. The first kappa shape index (κ1) is 21.2. The van der Waals surface area contributed by atoms with Crippen molar-refractivity contribution >= 4 is 10.1 Å². The molecule has 0 unspecified atom stereocenters. The quantitative estimate of drug-likeness (QED) is 0.394. The highest BCUT2D eigenvalue weighted by Gasteiger charge is 2.49. The molecule has 0 spiro atoms. The molecule has 0 bridgehead atoms. The van der Waals surface area contributed by atoms with E-state index in [1.165, 1.54) is 32.4 Å². The molecule has 0 radical (unpaired) electrons. The molecule has 0 amide bonds. The third-order valence-corrected chi connectivity index (χ3v) is 4.39. The molecule has 30 heavy (non-hydrogen) atoms. The van der Waals surface area contributed by atoms with Crippen LogP contribution in [-0.4, -0.2) is 43.1 Å². The van der Waals surface area contributed by atoms with E-state index in [1.807, 2.05) is 0 Å². The SMILES string of the molecule is COc1cc(OC)nc(Oc2cccc(OS(=O)(=O)C(F)(F)F)c2-c2cnco2)n1. The van der Waals surface area contributed by atoms with Crippen LogP contribution in [0.1, 0.15) is 0 Å². The lowest BCUT2D eigenvalue weighted by Gasteiger charge is -2.15. The number of nitrogens with zero attached hydrogens (tertiary/aromatic N) is 3. The second-order valence-electron chi connectivity index (χ2n) is 5.32. The van der Waals surface area contributed by atoms with Crippen molar-refractivity contribution in [3.8, 4) is 40.6 Å². The summed E-state index contributed by atoms with van der Waals surface area (Å²) in [4.78, 5) is 11.5. The lowest BCUT2D eigenvalue weighted by Crippen LogP contribution is -2.28. The Morgan fingerprint density at radius 1 is 1.03 bits per heavy atom. The van der Waals surface area contributed by atoms with E-state index >= 15 is 0 Å². The van der Waals surface area contributed by atoms with Gasteiger partial charge in [-0.25, -0.2) is 4.98 Å². The van der Waals surface area contributed by atoms with Gasteiger partial charge in [0.25, 0.3) is 0 Å². The van der Waals surface area contributed by atoms with Gasteiger partial charge >= 0.3 is 21.6 Å². The lowest BCUT2D eigenvalue weighted by atomic mass is 10.1. The highest BCUT2D eigenvalue weighted by atomic mass is 32.2. The van der Waals surface area contributed by atoms with E-state index < -0.39 is 21.4 Å². The maximum atomic E-state index is 12.8. The summed E-state index contributed by atoms with van der Waals surface area (Å²) >= 11 is 0. The van der Waals surface area contributed by atoms with Gasteiger partial charge in [-0.05, 0) is 12.1 Å². The first-order valence-electron chi connectivity index (χ1n) is 7.82. The van der Waals surface area contributed by atoms with Crippen molar-refractivity contribution in [1.82, 2.24) is 15.0 Å². The zero-order chi connectivity index (χ0) is 21.9. The summed E-state index contributed by atoms with van der Waals surface area (Å²) in [7, 11) is -3.29. The molecule has 0 saturated carbocycles. The van der Waals surface area contributed by atoms with Crippen LogP contribution in [0.15, 0.2) is 41.3 Å². The molecule has 14 heteroatoms. The average molecular weight is 447 g/mol. The zero-order valence-corrected chi connectivity index (χ0v) is 16.0. The van der Waals surface area contributed by atoms with Gasteiger partial charge in [0.05, 0.1) is 26.5 Å². The Labute approximate surface area is 167 Å². The Bertz CT molecular complexity index is 1110. The topological polar surface area (TPSA) is 123 Å². The predicted octanol–water partition coefficient (Wildman–Crippen LogP) is 3.17. The summed E-state index contributed by atoms with van der Waals surface area (Å²) in [5, 5.41) is 0. The Kier molecular flexibility index (Phi) is 5.69. The minimum atomic E-state index is -5.96. The molecule has 0 atom stereocenters. The highest BCUT2D eigenvalue weighted by Crippen LogP contribution is 2.42. The van der Waals surface area contributed by atoms with E-state index in [4.69, 9.17) is 18.6 Å². The molecule has 0 saturated heterocycles. The monoisotopic (exact) mass is 447 g/mol. The van der Waals surface area contributed by atoms with Gasteiger partial charge in [-0.1, -0.05) is 6.07 Å². The minimum Gasteiger partial charge on any atom is -0.481 e. The summed E-state index contributed by atoms with van der Waals surface area (Å²) in [6.45, 7) is 0. The van der Waals surface area contributed by atoms with Gasteiger partial charge in [0.2, 0.25) is 11.8 Å². The van der Waals surface area contributed by atoms with Gasteiger partial charge in [-0.3, -0.25) is 0 Å². The van der Waals surface area contributed by atoms with E-state index in [0.717, 1.165) is 18.7 Å². The summed E-state index contributed by atoms with van der Waals surface area (Å²) in [5.74, 6) is -0.878. The van der Waals surface area contributed by atoms with Gasteiger partial charge < -0.3 is 22.8 Å². The fourth-order valence-electron chi connectivity index (χ4n) is 2.15. The Morgan fingerprint density at radius 2 is 1.67 bits per heavy atom. The molecule has 0 aliphatic rings. The van der Waals surface area contributed by atoms with Gasteiger partial charge in [0, 0.05) is 0 Å². The largest absolute Gasteiger partial charge is 0.534 e. The first-order valence-corrected chi connectivity index (χ1v) is 9.23. The van der Waals surface area contributed by atoms with Crippen LogP contribution in [0.2, 0.25) is 0 Å². The maximum absolute atomic E-state index is 12.8. The number of benzene rings is 1. The summed E-state index contributed by atoms with van der Waals surface area (Å²) in [6, 6.07) is 4.55. The van der Waals surface area contributed by atoms with Crippen LogP contribution in [0.4, 0.5) is 13.2 Å². The number of halogens is 3. The van der Waals surface area contributed by atoms with Crippen LogP contribution in [0, 0.1) is 0 Å². The third-order valence-electron chi connectivity index (χ3n) is 3.43. The normalized spacial score (nSPS) is 11.8. The smallest absolute Gasteiger partial charge is 0.481 e. The van der Waals surface area contributed by atoms with E-state index in [2.05, 4.69) is 19.1 Å². The number of rotatable bonds is 7. The molecule has 0 fully saturated rings. The molecule has 2 aromatic heterocycles. The van der Waals surface area contributed by atoms with Crippen LogP contribution in [0.5, 0.6) is 29.3 Å². The van der Waals surface area contributed by atoms with Crippen molar-refractivity contribution in [2.45, 2.75) is 5.51 Å². The van der Waals surface area contributed by atoms with E-state index in [-0.39, 0.29) is 34.8 Å². The van der Waals surface area contributed by atoms with Gasteiger partial charge in [-0.2, -0.15) is 31.6 Å². The molecule has 0 aliphatic heterocycles. The van der Waals surface area contributed by atoms with E-state index in [1.54, 1.807) is 0 Å². The summed E-state index contributed by atoms with van der Waals surface area (Å²) < 4.78 is 86.2. The standard InChI is InChI=1S/C16H12F3N3O7S/c1-25-12-6-13(26-2)22-15(21-12)28-9-4-3-5-10(14(9)11-7-20-8-27-11)29-30(23,24)16(17,18)19/h3-8H,1-2H3. The van der Waals surface area contributed by atoms with Gasteiger partial charge in [-0.15, -0.1) is 0 Å². The third kappa shape index (κ3) is 4.37. The van der Waals surface area contributed by atoms with Crippen molar-refractivity contribution in [2.24, 2.45) is 0 Å². The number of methoxy groups -OCH3 is 2. The Morgan fingerprint density at radius 3 is 2.20 bits per heavy atom. The summed E-state index contributed by atoms with van der Waals surface area (Å²) in [5.41, 5.74) is -5.92. The maximum Gasteiger partial charge on any atom is 0.534 e.